The predicted molar refractivity (Wildman–Crippen MR) is 101 cm³/mol. The molecule has 26 heavy (non-hydrogen) atoms. The second-order valence-corrected chi connectivity index (χ2v) is 8.60. The van der Waals surface area contributed by atoms with Crippen LogP contribution in [0.25, 0.3) is 0 Å². The molecule has 4 rings (SSSR count). The van der Waals surface area contributed by atoms with Gasteiger partial charge in [0.25, 0.3) is 0 Å². The topological polar surface area (TPSA) is 78.5 Å². The summed E-state index contributed by atoms with van der Waals surface area (Å²) in [5.74, 6) is 0. The van der Waals surface area contributed by atoms with Crippen LogP contribution >= 0.6 is 0 Å². The Bertz CT molecular complexity index is 968. The number of hydrogen-bond acceptors (Lipinski definition) is 3. The van der Waals surface area contributed by atoms with Gasteiger partial charge in [-0.05, 0) is 56.0 Å². The van der Waals surface area contributed by atoms with Gasteiger partial charge in [0, 0.05) is 24.0 Å². The van der Waals surface area contributed by atoms with Crippen LogP contribution in [0.4, 0.5) is 16.2 Å². The average Bonchev–Trinajstić information content (AvgIpc) is 3.30. The number of carbonyl (C=O) groups excluding carboxylic acids is 1. The summed E-state index contributed by atoms with van der Waals surface area (Å²) in [6.45, 7) is 2.65. The summed E-state index contributed by atoms with van der Waals surface area (Å²) >= 11 is 0. The standard InChI is InChI=1S/C19H21N3O3S/c1-13-5-8-18-14(11-13)9-10-22(18)19(23)20-16-3-2-4-17(12-16)26(24,25)21-15-6-7-15/h2-5,8,11-12,15,21H,6-7,9-10H2,1H3,(H,20,23). The van der Waals surface area contributed by atoms with Gasteiger partial charge in [-0.1, -0.05) is 23.8 Å². The van der Waals surface area contributed by atoms with Crippen molar-refractivity contribution in [3.05, 3.63) is 53.6 Å². The van der Waals surface area contributed by atoms with Gasteiger partial charge >= 0.3 is 6.03 Å². The van der Waals surface area contributed by atoms with E-state index in [0.29, 0.717) is 12.2 Å². The van der Waals surface area contributed by atoms with Gasteiger partial charge in [-0.25, -0.2) is 17.9 Å². The number of hydrogen-bond donors (Lipinski definition) is 2. The Kier molecular flexibility index (Phi) is 4.20. The fourth-order valence-corrected chi connectivity index (χ4v) is 4.51. The molecule has 2 amide bonds. The van der Waals surface area contributed by atoms with Crippen LogP contribution in [0.5, 0.6) is 0 Å². The van der Waals surface area contributed by atoms with E-state index in [1.54, 1.807) is 17.0 Å². The van der Waals surface area contributed by atoms with Crippen LogP contribution in [-0.4, -0.2) is 27.0 Å². The molecule has 0 spiro atoms. The van der Waals surface area contributed by atoms with Crippen molar-refractivity contribution in [1.29, 1.82) is 0 Å². The highest BCUT2D eigenvalue weighted by atomic mass is 32.2. The number of sulfonamides is 1. The Morgan fingerprint density at radius 3 is 2.73 bits per heavy atom. The van der Waals surface area contributed by atoms with Gasteiger partial charge in [-0.2, -0.15) is 0 Å². The molecular formula is C19H21N3O3S. The van der Waals surface area contributed by atoms with Crippen molar-refractivity contribution in [2.24, 2.45) is 0 Å². The maximum absolute atomic E-state index is 12.7. The van der Waals surface area contributed by atoms with Crippen LogP contribution in [0.15, 0.2) is 47.4 Å². The smallest absolute Gasteiger partial charge is 0.307 e. The van der Waals surface area contributed by atoms with Gasteiger partial charge in [-0.15, -0.1) is 0 Å². The van der Waals surface area contributed by atoms with Gasteiger partial charge < -0.3 is 5.32 Å². The van der Waals surface area contributed by atoms with Crippen LogP contribution in [0.1, 0.15) is 24.0 Å². The molecule has 1 saturated carbocycles. The predicted octanol–water partition coefficient (Wildman–Crippen LogP) is 3.03. The molecule has 0 radical (unpaired) electrons. The molecule has 0 bridgehead atoms. The van der Waals surface area contributed by atoms with Crippen molar-refractivity contribution in [2.45, 2.75) is 37.1 Å². The van der Waals surface area contributed by atoms with E-state index >= 15 is 0 Å². The minimum atomic E-state index is -3.54. The molecule has 1 fully saturated rings. The van der Waals surface area contributed by atoms with Crippen LogP contribution in [0, 0.1) is 6.92 Å². The first-order valence-electron chi connectivity index (χ1n) is 8.73. The van der Waals surface area contributed by atoms with Crippen molar-refractivity contribution in [3.8, 4) is 0 Å². The van der Waals surface area contributed by atoms with E-state index in [0.717, 1.165) is 30.5 Å². The first-order chi connectivity index (χ1) is 12.4. The summed E-state index contributed by atoms with van der Waals surface area (Å²) in [6, 6.07) is 12.2. The van der Waals surface area contributed by atoms with Gasteiger partial charge in [-0.3, -0.25) is 4.90 Å². The summed E-state index contributed by atoms with van der Waals surface area (Å²) in [7, 11) is -3.54. The normalized spacial score (nSPS) is 16.4. The minimum absolute atomic E-state index is 0.0443. The third kappa shape index (κ3) is 3.45. The summed E-state index contributed by atoms with van der Waals surface area (Å²) in [6.07, 6.45) is 2.58. The molecule has 7 heteroatoms. The lowest BCUT2D eigenvalue weighted by Gasteiger charge is -2.18. The zero-order chi connectivity index (χ0) is 18.3. The van der Waals surface area contributed by atoms with Crippen LogP contribution in [-0.2, 0) is 16.4 Å². The lowest BCUT2D eigenvalue weighted by Crippen LogP contribution is -2.33. The Morgan fingerprint density at radius 2 is 1.96 bits per heavy atom. The number of aryl methyl sites for hydroxylation is 1. The molecule has 1 heterocycles. The number of carbonyl (C=O) groups is 1. The van der Waals surface area contributed by atoms with Crippen molar-refractivity contribution in [3.63, 3.8) is 0 Å². The van der Waals surface area contributed by atoms with E-state index in [1.807, 2.05) is 19.1 Å². The Morgan fingerprint density at radius 1 is 1.15 bits per heavy atom. The summed E-state index contributed by atoms with van der Waals surface area (Å²) in [5.41, 5.74) is 3.71. The number of rotatable bonds is 4. The second kappa shape index (κ2) is 6.41. The van der Waals surface area contributed by atoms with Gasteiger partial charge in [0.15, 0.2) is 0 Å². The zero-order valence-electron chi connectivity index (χ0n) is 14.5. The highest BCUT2D eigenvalue weighted by Gasteiger charge is 2.28. The summed E-state index contributed by atoms with van der Waals surface area (Å²) in [5, 5.41) is 2.82. The lowest BCUT2D eigenvalue weighted by atomic mass is 10.1. The maximum Gasteiger partial charge on any atom is 0.326 e. The van der Waals surface area contributed by atoms with E-state index in [4.69, 9.17) is 0 Å². The fraction of sp³-hybridized carbons (Fsp3) is 0.316. The maximum atomic E-state index is 12.7. The molecule has 2 aromatic rings. The minimum Gasteiger partial charge on any atom is -0.307 e. The Balaban J connectivity index is 1.51. The first kappa shape index (κ1) is 17.1. The first-order valence-corrected chi connectivity index (χ1v) is 10.2. The molecule has 0 unspecified atom stereocenters. The van der Waals surface area contributed by atoms with E-state index in [9.17, 15) is 13.2 Å². The largest absolute Gasteiger partial charge is 0.326 e. The fourth-order valence-electron chi connectivity index (χ4n) is 3.16. The molecule has 6 nitrogen and oxygen atoms in total. The third-order valence-electron chi connectivity index (χ3n) is 4.67. The van der Waals surface area contributed by atoms with E-state index < -0.39 is 10.0 Å². The quantitative estimate of drug-likeness (QED) is 0.867. The number of urea groups is 1. The second-order valence-electron chi connectivity index (χ2n) is 6.89. The highest BCUT2D eigenvalue weighted by molar-refractivity contribution is 7.89. The molecule has 2 N–H and O–H groups in total. The summed E-state index contributed by atoms with van der Waals surface area (Å²) in [4.78, 5) is 14.5. The lowest BCUT2D eigenvalue weighted by molar-refractivity contribution is 0.257. The van der Waals surface area contributed by atoms with Crippen LogP contribution in [0.2, 0.25) is 0 Å². The monoisotopic (exact) mass is 371 g/mol. The van der Waals surface area contributed by atoms with Crippen molar-refractivity contribution in [1.82, 2.24) is 4.72 Å². The van der Waals surface area contributed by atoms with Gasteiger partial charge in [0.05, 0.1) is 4.90 Å². The molecular weight excluding hydrogens is 350 g/mol. The highest BCUT2D eigenvalue weighted by Crippen LogP contribution is 2.29. The van der Waals surface area contributed by atoms with Crippen LogP contribution < -0.4 is 14.9 Å². The molecule has 0 aromatic heterocycles. The van der Waals surface area contributed by atoms with Crippen molar-refractivity contribution < 1.29 is 13.2 Å². The molecule has 0 saturated heterocycles. The SMILES string of the molecule is Cc1ccc2c(c1)CCN2C(=O)Nc1cccc(S(=O)(=O)NC2CC2)c1. The zero-order valence-corrected chi connectivity index (χ0v) is 15.3. The number of nitrogens with one attached hydrogen (secondary N) is 2. The number of anilines is 2. The number of fused-ring (bicyclic) bond motifs is 1. The number of amides is 2. The van der Waals surface area contributed by atoms with Gasteiger partial charge in [0.2, 0.25) is 10.0 Å². The summed E-state index contributed by atoms with van der Waals surface area (Å²) < 4.78 is 27.3. The van der Waals surface area contributed by atoms with Gasteiger partial charge in [0.1, 0.15) is 0 Å². The molecule has 2 aliphatic rings. The Hall–Kier alpha value is -2.38. The van der Waals surface area contributed by atoms with Crippen LogP contribution in [0.3, 0.4) is 0 Å². The molecule has 1 aliphatic carbocycles. The molecule has 2 aromatic carbocycles. The van der Waals surface area contributed by atoms with Crippen molar-refractivity contribution in [2.75, 3.05) is 16.8 Å². The van der Waals surface area contributed by atoms with E-state index in [2.05, 4.69) is 16.1 Å². The number of benzene rings is 2. The van der Waals surface area contributed by atoms with Crippen molar-refractivity contribution >= 4 is 27.4 Å². The molecule has 1 aliphatic heterocycles. The number of nitrogens with zero attached hydrogens (tertiary/aromatic N) is 1. The average molecular weight is 371 g/mol. The molecule has 0 atom stereocenters. The molecule has 136 valence electrons. The van der Waals surface area contributed by atoms with E-state index in [-0.39, 0.29) is 17.0 Å². The van der Waals surface area contributed by atoms with E-state index in [1.165, 1.54) is 17.7 Å². The Labute approximate surface area is 153 Å². The third-order valence-corrected chi connectivity index (χ3v) is 6.19.